The lowest BCUT2D eigenvalue weighted by Gasteiger charge is -2.19. The molecule has 0 aromatic carbocycles. The number of amides is 1. The highest BCUT2D eigenvalue weighted by Crippen LogP contribution is 2.10. The highest BCUT2D eigenvalue weighted by atomic mass is 16.3. The number of aliphatic hydroxyl groups excluding tert-OH is 2. The highest BCUT2D eigenvalue weighted by Gasteiger charge is 2.17. The van der Waals surface area contributed by atoms with Crippen molar-refractivity contribution >= 4 is 5.91 Å². The van der Waals surface area contributed by atoms with Gasteiger partial charge in [-0.25, -0.2) is 0 Å². The molecule has 0 saturated carbocycles. The molecule has 3 N–H and O–H groups in total. The topological polar surface area (TPSA) is 69.6 Å². The molecule has 0 aliphatic carbocycles. The number of aliphatic hydroxyl groups is 2. The van der Waals surface area contributed by atoms with E-state index in [2.05, 4.69) is 177 Å². The van der Waals surface area contributed by atoms with E-state index in [-0.39, 0.29) is 12.5 Å². The van der Waals surface area contributed by atoms with Crippen LogP contribution < -0.4 is 5.32 Å². The molecular weight excluding hydrogens is 819 g/mol. The van der Waals surface area contributed by atoms with Crippen molar-refractivity contribution in [3.8, 4) is 0 Å². The van der Waals surface area contributed by atoms with E-state index in [1.54, 1.807) is 6.08 Å². The number of nitrogens with one attached hydrogen (secondary N) is 1. The van der Waals surface area contributed by atoms with Gasteiger partial charge in [0.2, 0.25) is 5.91 Å². The summed E-state index contributed by atoms with van der Waals surface area (Å²) >= 11 is 0. The lowest BCUT2D eigenvalue weighted by atomic mass is 10.1. The summed E-state index contributed by atoms with van der Waals surface area (Å²) in [5.74, 6) is -0.105. The minimum atomic E-state index is -0.891. The van der Waals surface area contributed by atoms with Crippen LogP contribution in [0.3, 0.4) is 0 Å². The Hall–Kier alpha value is -4.25. The number of unbranched alkanes of at least 4 members (excludes halogenated alkanes) is 13. The third-order valence-electron chi connectivity index (χ3n) is 10.9. The average Bonchev–Trinajstić information content (AvgIpc) is 3.33. The SMILES string of the molecule is CC/C=C\C/C=C\C/C=C\C/C=C\C/C=C\C/C=C\C/C=C\C/C=C\C/C=C\C/C=C\C/C=C\CCCCCCCC(=O)NC(CO)C(O)/C=C/CC/C=C/CC/C=C/CCCCCCCC. The van der Waals surface area contributed by atoms with Crippen LogP contribution in [0.5, 0.6) is 0 Å². The summed E-state index contributed by atoms with van der Waals surface area (Å²) < 4.78 is 0. The van der Waals surface area contributed by atoms with Gasteiger partial charge in [-0.15, -0.1) is 0 Å². The second-order valence-corrected chi connectivity index (χ2v) is 17.2. The first-order valence-corrected chi connectivity index (χ1v) is 26.8. The summed E-state index contributed by atoms with van der Waals surface area (Å²) in [7, 11) is 0. The van der Waals surface area contributed by atoms with E-state index in [0.29, 0.717) is 6.42 Å². The minimum absolute atomic E-state index is 0.105. The summed E-state index contributed by atoms with van der Waals surface area (Å²) in [4.78, 5) is 12.4. The molecule has 0 aliphatic rings. The molecule has 0 radical (unpaired) electrons. The van der Waals surface area contributed by atoms with Gasteiger partial charge in [-0.1, -0.05) is 235 Å². The molecule has 0 aliphatic heterocycles. The standard InChI is InChI=1S/C63H99NO3/c1-3-5-7-9-11-13-15-17-19-21-22-23-24-25-26-27-28-29-30-31-32-33-34-35-36-37-38-39-40-41-42-43-45-47-49-51-53-55-57-59-63(67)64-61(60-65)62(66)58-56-54-52-50-48-46-44-20-18-16-14-12-10-8-6-4-2/h5,7,11,13,17-20,22-23,25-26,28-29,31-32,34-35,37-38,40-41,43,45,48,50,56,58,61-62,65-66H,3-4,6,8-10,12,14-16,21,24,27,30,33,36,39,42,44,46-47,49,51-55,57,59-60H2,1-2H3,(H,64,67)/b7-5-,13-11-,19-17-,20-18+,23-22-,26-25-,29-28-,32-31-,35-34-,38-37-,41-40-,45-43-,50-48+,58-56+. The summed E-state index contributed by atoms with van der Waals surface area (Å²) in [5.41, 5.74) is 0. The maximum Gasteiger partial charge on any atom is 0.220 e. The first-order chi connectivity index (χ1) is 33.2. The van der Waals surface area contributed by atoms with Crippen molar-refractivity contribution in [1.29, 1.82) is 0 Å². The second-order valence-electron chi connectivity index (χ2n) is 17.2. The van der Waals surface area contributed by atoms with Gasteiger partial charge in [0.15, 0.2) is 0 Å². The molecular formula is C63H99NO3. The Morgan fingerprint density at radius 3 is 1.04 bits per heavy atom. The molecule has 0 heterocycles. The zero-order valence-electron chi connectivity index (χ0n) is 42.8. The average molecular weight is 918 g/mol. The second kappa shape index (κ2) is 56.1. The van der Waals surface area contributed by atoms with Crippen molar-refractivity contribution < 1.29 is 15.0 Å². The first-order valence-electron chi connectivity index (χ1n) is 26.8. The highest BCUT2D eigenvalue weighted by molar-refractivity contribution is 5.76. The van der Waals surface area contributed by atoms with E-state index < -0.39 is 12.1 Å². The molecule has 0 saturated heterocycles. The van der Waals surface area contributed by atoms with Crippen molar-refractivity contribution in [2.45, 2.75) is 212 Å². The number of rotatable bonds is 46. The zero-order chi connectivity index (χ0) is 48.5. The normalized spacial score (nSPS) is 14.3. The van der Waals surface area contributed by atoms with Crippen LogP contribution in [0.4, 0.5) is 0 Å². The van der Waals surface area contributed by atoms with Crippen LogP contribution in [-0.2, 0) is 4.79 Å². The summed E-state index contributed by atoms with van der Waals surface area (Å²) in [5, 5.41) is 23.0. The van der Waals surface area contributed by atoms with Crippen molar-refractivity contribution in [3.05, 3.63) is 170 Å². The molecule has 0 aromatic rings. The molecule has 0 bridgehead atoms. The molecule has 4 nitrogen and oxygen atoms in total. The Balaban J connectivity index is 3.74. The monoisotopic (exact) mass is 918 g/mol. The zero-order valence-corrected chi connectivity index (χ0v) is 42.8. The molecule has 0 aromatic heterocycles. The Morgan fingerprint density at radius 1 is 0.373 bits per heavy atom. The predicted molar refractivity (Wildman–Crippen MR) is 298 cm³/mol. The third kappa shape index (κ3) is 52.6. The van der Waals surface area contributed by atoms with Gasteiger partial charge >= 0.3 is 0 Å². The summed E-state index contributed by atoms with van der Waals surface area (Å²) in [6, 6.07) is -0.669. The number of carbonyl (C=O) groups excluding carboxylic acids is 1. The smallest absolute Gasteiger partial charge is 0.220 e. The molecule has 0 spiro atoms. The molecule has 2 atom stereocenters. The number of carbonyl (C=O) groups is 1. The van der Waals surface area contributed by atoms with Crippen molar-refractivity contribution in [3.63, 3.8) is 0 Å². The van der Waals surface area contributed by atoms with Crippen LogP contribution in [0.1, 0.15) is 200 Å². The van der Waals surface area contributed by atoms with Crippen LogP contribution >= 0.6 is 0 Å². The Bertz CT molecular complexity index is 1510. The molecule has 67 heavy (non-hydrogen) atoms. The van der Waals surface area contributed by atoms with E-state index >= 15 is 0 Å². The Labute approximate surface area is 413 Å². The lowest BCUT2D eigenvalue weighted by Crippen LogP contribution is -2.45. The van der Waals surface area contributed by atoms with E-state index in [1.165, 1.54) is 51.4 Å². The van der Waals surface area contributed by atoms with Crippen LogP contribution in [0, 0.1) is 0 Å². The van der Waals surface area contributed by atoms with Gasteiger partial charge in [0.25, 0.3) is 0 Å². The summed E-state index contributed by atoms with van der Waals surface area (Å²) in [6.45, 7) is 4.14. The Kier molecular flexibility index (Phi) is 52.5. The molecule has 1 amide bonds. The van der Waals surface area contributed by atoms with E-state index in [0.717, 1.165) is 128 Å². The molecule has 374 valence electrons. The van der Waals surface area contributed by atoms with Crippen LogP contribution in [0.2, 0.25) is 0 Å². The maximum absolute atomic E-state index is 12.4. The molecule has 0 rings (SSSR count). The number of allylic oxidation sites excluding steroid dienone is 27. The fourth-order valence-corrected chi connectivity index (χ4v) is 6.86. The fourth-order valence-electron chi connectivity index (χ4n) is 6.86. The van der Waals surface area contributed by atoms with Crippen LogP contribution in [0.25, 0.3) is 0 Å². The number of hydrogen-bond donors (Lipinski definition) is 3. The minimum Gasteiger partial charge on any atom is -0.394 e. The van der Waals surface area contributed by atoms with Crippen molar-refractivity contribution in [2.24, 2.45) is 0 Å². The van der Waals surface area contributed by atoms with Crippen molar-refractivity contribution in [1.82, 2.24) is 5.32 Å². The third-order valence-corrected chi connectivity index (χ3v) is 10.9. The fraction of sp³-hybridized carbons (Fsp3) is 0.540. The lowest BCUT2D eigenvalue weighted by molar-refractivity contribution is -0.123. The molecule has 4 heteroatoms. The van der Waals surface area contributed by atoms with Gasteiger partial charge < -0.3 is 15.5 Å². The molecule has 0 fully saturated rings. The number of hydrogen-bond acceptors (Lipinski definition) is 3. The molecule has 2 unspecified atom stereocenters. The van der Waals surface area contributed by atoms with Gasteiger partial charge in [0, 0.05) is 6.42 Å². The Morgan fingerprint density at radius 2 is 0.672 bits per heavy atom. The van der Waals surface area contributed by atoms with Crippen molar-refractivity contribution in [2.75, 3.05) is 6.61 Å². The van der Waals surface area contributed by atoms with Crippen LogP contribution in [0.15, 0.2) is 170 Å². The van der Waals surface area contributed by atoms with Gasteiger partial charge in [-0.05, 0) is 128 Å². The van der Waals surface area contributed by atoms with E-state index in [4.69, 9.17) is 0 Å². The largest absolute Gasteiger partial charge is 0.394 e. The van der Waals surface area contributed by atoms with Gasteiger partial charge in [0.05, 0.1) is 18.8 Å². The summed E-state index contributed by atoms with van der Waals surface area (Å²) in [6.07, 6.45) is 92.0. The van der Waals surface area contributed by atoms with Gasteiger partial charge in [-0.3, -0.25) is 4.79 Å². The quantitative estimate of drug-likeness (QED) is 0.0421. The first kappa shape index (κ1) is 62.8. The van der Waals surface area contributed by atoms with Gasteiger partial charge in [0.1, 0.15) is 0 Å². The van der Waals surface area contributed by atoms with E-state index in [9.17, 15) is 15.0 Å². The van der Waals surface area contributed by atoms with Crippen LogP contribution in [-0.4, -0.2) is 34.9 Å². The predicted octanol–water partition coefficient (Wildman–Crippen LogP) is 18.0. The van der Waals surface area contributed by atoms with Gasteiger partial charge in [-0.2, -0.15) is 0 Å². The maximum atomic E-state index is 12.4. The van der Waals surface area contributed by atoms with E-state index in [1.807, 2.05) is 6.08 Å².